The smallest absolute Gasteiger partial charge is 0.203 e. The fourth-order valence-electron chi connectivity index (χ4n) is 1.76. The highest BCUT2D eigenvalue weighted by molar-refractivity contribution is 5.28. The first-order chi connectivity index (χ1) is 7.98. The third kappa shape index (κ3) is 4.41. The molecule has 0 aliphatic heterocycles. The van der Waals surface area contributed by atoms with Crippen LogP contribution in [0.15, 0.2) is 6.20 Å². The molecule has 0 amide bonds. The van der Waals surface area contributed by atoms with E-state index in [-0.39, 0.29) is 0 Å². The standard InChI is InChI=1S/C14H27N3/c1-6-8-9-15-13-16-12(3)10-17(13)11-14(4,5)7-2/h10H,6-9,11H2,1-5H3,(H,15,16). The third-order valence-electron chi connectivity index (χ3n) is 3.27. The van der Waals surface area contributed by atoms with Crippen molar-refractivity contribution in [3.05, 3.63) is 11.9 Å². The van der Waals surface area contributed by atoms with Crippen LogP contribution in [0, 0.1) is 12.3 Å². The first-order valence-electron chi connectivity index (χ1n) is 6.76. The fraction of sp³-hybridized carbons (Fsp3) is 0.786. The fourth-order valence-corrected chi connectivity index (χ4v) is 1.76. The van der Waals surface area contributed by atoms with Gasteiger partial charge in [0.2, 0.25) is 5.95 Å². The number of nitrogens with zero attached hydrogens (tertiary/aromatic N) is 2. The molecule has 0 aromatic carbocycles. The highest BCUT2D eigenvalue weighted by atomic mass is 15.2. The highest BCUT2D eigenvalue weighted by Crippen LogP contribution is 2.24. The summed E-state index contributed by atoms with van der Waals surface area (Å²) in [7, 11) is 0. The Labute approximate surface area is 106 Å². The molecular weight excluding hydrogens is 210 g/mol. The molecule has 0 spiro atoms. The second-order valence-electron chi connectivity index (χ2n) is 5.63. The van der Waals surface area contributed by atoms with E-state index in [1.807, 2.05) is 0 Å². The van der Waals surface area contributed by atoms with Gasteiger partial charge >= 0.3 is 0 Å². The SMILES string of the molecule is CCCCNc1nc(C)cn1CC(C)(C)CC. The number of hydrogen-bond donors (Lipinski definition) is 1. The maximum Gasteiger partial charge on any atom is 0.203 e. The minimum atomic E-state index is 0.328. The van der Waals surface area contributed by atoms with E-state index in [2.05, 4.69) is 55.7 Å². The number of hydrogen-bond acceptors (Lipinski definition) is 2. The van der Waals surface area contributed by atoms with Gasteiger partial charge in [0.25, 0.3) is 0 Å². The Morgan fingerprint density at radius 3 is 2.65 bits per heavy atom. The molecule has 1 aromatic rings. The number of aryl methyl sites for hydroxylation is 1. The van der Waals surface area contributed by atoms with Gasteiger partial charge < -0.3 is 9.88 Å². The number of imidazole rings is 1. The molecule has 1 N–H and O–H groups in total. The van der Waals surface area contributed by atoms with E-state index >= 15 is 0 Å². The lowest BCUT2D eigenvalue weighted by molar-refractivity contribution is 0.296. The van der Waals surface area contributed by atoms with E-state index in [4.69, 9.17) is 0 Å². The van der Waals surface area contributed by atoms with Gasteiger partial charge in [0.15, 0.2) is 0 Å². The summed E-state index contributed by atoms with van der Waals surface area (Å²) in [5.41, 5.74) is 1.42. The lowest BCUT2D eigenvalue weighted by atomic mass is 9.90. The maximum absolute atomic E-state index is 4.55. The van der Waals surface area contributed by atoms with Crippen LogP contribution in [0.1, 0.15) is 52.7 Å². The number of anilines is 1. The molecule has 98 valence electrons. The zero-order valence-electron chi connectivity index (χ0n) is 12.0. The van der Waals surface area contributed by atoms with E-state index in [0.29, 0.717) is 5.41 Å². The van der Waals surface area contributed by atoms with Crippen LogP contribution in [0.4, 0.5) is 5.95 Å². The molecule has 0 saturated heterocycles. The summed E-state index contributed by atoms with van der Waals surface area (Å²) in [6, 6.07) is 0. The predicted octanol–water partition coefficient (Wildman–Crippen LogP) is 3.84. The van der Waals surface area contributed by atoms with Crippen molar-refractivity contribution in [1.82, 2.24) is 9.55 Å². The predicted molar refractivity (Wildman–Crippen MR) is 74.4 cm³/mol. The van der Waals surface area contributed by atoms with Gasteiger partial charge in [0.1, 0.15) is 0 Å². The summed E-state index contributed by atoms with van der Waals surface area (Å²) < 4.78 is 2.26. The van der Waals surface area contributed by atoms with Crippen molar-refractivity contribution in [2.24, 2.45) is 5.41 Å². The minimum absolute atomic E-state index is 0.328. The molecule has 0 radical (unpaired) electrons. The van der Waals surface area contributed by atoms with E-state index < -0.39 is 0 Å². The van der Waals surface area contributed by atoms with Gasteiger partial charge in [-0.1, -0.05) is 34.1 Å². The van der Waals surface area contributed by atoms with Gasteiger partial charge in [-0.05, 0) is 25.2 Å². The summed E-state index contributed by atoms with van der Waals surface area (Å²) in [5, 5.41) is 3.43. The molecule has 0 aliphatic rings. The van der Waals surface area contributed by atoms with Crippen LogP contribution < -0.4 is 5.32 Å². The second-order valence-corrected chi connectivity index (χ2v) is 5.63. The van der Waals surface area contributed by atoms with Crippen LogP contribution in [0.3, 0.4) is 0 Å². The molecule has 0 fully saturated rings. The summed E-state index contributed by atoms with van der Waals surface area (Å²) in [4.78, 5) is 4.55. The summed E-state index contributed by atoms with van der Waals surface area (Å²) in [6.45, 7) is 13.2. The highest BCUT2D eigenvalue weighted by Gasteiger charge is 2.18. The van der Waals surface area contributed by atoms with Crippen LogP contribution in [0.25, 0.3) is 0 Å². The Hall–Kier alpha value is -0.990. The van der Waals surface area contributed by atoms with Crippen molar-refractivity contribution in [3.63, 3.8) is 0 Å². The van der Waals surface area contributed by atoms with Crippen molar-refractivity contribution in [2.75, 3.05) is 11.9 Å². The van der Waals surface area contributed by atoms with E-state index in [9.17, 15) is 0 Å². The van der Waals surface area contributed by atoms with Crippen molar-refractivity contribution in [1.29, 1.82) is 0 Å². The Morgan fingerprint density at radius 2 is 2.06 bits per heavy atom. The number of nitrogens with one attached hydrogen (secondary N) is 1. The molecule has 1 aromatic heterocycles. The lowest BCUT2D eigenvalue weighted by Crippen LogP contribution is -2.20. The van der Waals surface area contributed by atoms with Crippen LogP contribution in [-0.4, -0.2) is 16.1 Å². The Bertz CT molecular complexity index is 339. The first-order valence-corrected chi connectivity index (χ1v) is 6.76. The minimum Gasteiger partial charge on any atom is -0.356 e. The molecule has 0 unspecified atom stereocenters. The van der Waals surface area contributed by atoms with Gasteiger partial charge in [-0.3, -0.25) is 0 Å². The van der Waals surface area contributed by atoms with Crippen molar-refractivity contribution in [2.45, 2.75) is 60.4 Å². The lowest BCUT2D eigenvalue weighted by Gasteiger charge is -2.24. The van der Waals surface area contributed by atoms with Crippen molar-refractivity contribution in [3.8, 4) is 0 Å². The maximum atomic E-state index is 4.55. The number of rotatable bonds is 7. The van der Waals surface area contributed by atoms with Gasteiger partial charge in [-0.15, -0.1) is 0 Å². The van der Waals surface area contributed by atoms with Crippen molar-refractivity contribution >= 4 is 5.95 Å². The monoisotopic (exact) mass is 237 g/mol. The zero-order valence-corrected chi connectivity index (χ0v) is 12.0. The van der Waals surface area contributed by atoms with Crippen molar-refractivity contribution < 1.29 is 0 Å². The molecule has 0 aliphatic carbocycles. The summed E-state index contributed by atoms with van der Waals surface area (Å²) in [5.74, 6) is 1.03. The van der Waals surface area contributed by atoms with Crippen LogP contribution in [0.2, 0.25) is 0 Å². The number of aromatic nitrogens is 2. The Kier molecular flexibility index (Phi) is 5.03. The van der Waals surface area contributed by atoms with Crippen LogP contribution >= 0.6 is 0 Å². The van der Waals surface area contributed by atoms with E-state index in [1.54, 1.807) is 0 Å². The molecular formula is C14H27N3. The molecule has 3 nitrogen and oxygen atoms in total. The Morgan fingerprint density at radius 1 is 1.35 bits per heavy atom. The van der Waals surface area contributed by atoms with Gasteiger partial charge in [0, 0.05) is 19.3 Å². The molecule has 17 heavy (non-hydrogen) atoms. The average Bonchev–Trinajstić information content (AvgIpc) is 2.59. The second kappa shape index (κ2) is 6.08. The quantitative estimate of drug-likeness (QED) is 0.730. The van der Waals surface area contributed by atoms with Gasteiger partial charge in [0.05, 0.1) is 5.69 Å². The normalized spacial score (nSPS) is 11.8. The van der Waals surface area contributed by atoms with Crippen LogP contribution in [-0.2, 0) is 6.54 Å². The average molecular weight is 237 g/mol. The molecule has 0 atom stereocenters. The zero-order chi connectivity index (χ0) is 12.9. The van der Waals surface area contributed by atoms with Gasteiger partial charge in [-0.25, -0.2) is 4.98 Å². The molecule has 3 heteroatoms. The van der Waals surface area contributed by atoms with Crippen LogP contribution in [0.5, 0.6) is 0 Å². The topological polar surface area (TPSA) is 29.9 Å². The van der Waals surface area contributed by atoms with E-state index in [0.717, 1.165) is 24.7 Å². The molecule has 1 rings (SSSR count). The van der Waals surface area contributed by atoms with E-state index in [1.165, 1.54) is 19.3 Å². The number of unbranched alkanes of at least 4 members (excludes halogenated alkanes) is 1. The summed E-state index contributed by atoms with van der Waals surface area (Å²) in [6.07, 6.45) is 5.74. The Balaban J connectivity index is 2.70. The first kappa shape index (κ1) is 14.1. The van der Waals surface area contributed by atoms with Gasteiger partial charge in [-0.2, -0.15) is 0 Å². The largest absolute Gasteiger partial charge is 0.356 e. The molecule has 1 heterocycles. The summed E-state index contributed by atoms with van der Waals surface area (Å²) >= 11 is 0. The third-order valence-corrected chi connectivity index (χ3v) is 3.27. The molecule has 0 bridgehead atoms. The molecule has 0 saturated carbocycles.